The molecule has 0 bridgehead atoms. The lowest BCUT2D eigenvalue weighted by atomic mass is 9.96. The van der Waals surface area contributed by atoms with Crippen LogP contribution in [0, 0.1) is 0 Å². The van der Waals surface area contributed by atoms with Gasteiger partial charge in [-0.2, -0.15) is 0 Å². The largest absolute Gasteiger partial charge is 0.399 e. The molecule has 2 rings (SSSR count). The van der Waals surface area contributed by atoms with Gasteiger partial charge in [0, 0.05) is 17.3 Å². The molecule has 2 aromatic heterocycles. The fourth-order valence-electron chi connectivity index (χ4n) is 1.59. The molecule has 3 nitrogen and oxygen atoms in total. The summed E-state index contributed by atoms with van der Waals surface area (Å²) < 4.78 is 2.92. The second-order valence-corrected chi connectivity index (χ2v) is 5.44. The number of rotatable bonds is 0. The Morgan fingerprint density at radius 2 is 2.07 bits per heavy atom. The molecule has 0 aliphatic rings. The van der Waals surface area contributed by atoms with Gasteiger partial charge in [0.15, 0.2) is 0 Å². The van der Waals surface area contributed by atoms with E-state index in [0.717, 1.165) is 21.6 Å². The highest BCUT2D eigenvalue weighted by Gasteiger charge is 2.21. The van der Waals surface area contributed by atoms with E-state index in [1.807, 2.05) is 18.3 Å². The fourth-order valence-corrected chi connectivity index (χ4v) is 2.07. The summed E-state index contributed by atoms with van der Waals surface area (Å²) in [6, 6.07) is 3.81. The van der Waals surface area contributed by atoms with Crippen molar-refractivity contribution in [1.29, 1.82) is 0 Å². The van der Waals surface area contributed by atoms with E-state index in [-0.39, 0.29) is 5.41 Å². The van der Waals surface area contributed by atoms with Gasteiger partial charge in [-0.15, -0.1) is 0 Å². The van der Waals surface area contributed by atoms with Crippen molar-refractivity contribution < 1.29 is 0 Å². The molecule has 0 radical (unpaired) electrons. The van der Waals surface area contributed by atoms with Crippen molar-refractivity contribution in [3.8, 4) is 0 Å². The molecule has 0 fully saturated rings. The summed E-state index contributed by atoms with van der Waals surface area (Å²) >= 11 is 3.46. The van der Waals surface area contributed by atoms with Crippen molar-refractivity contribution in [2.24, 2.45) is 0 Å². The molecule has 2 aromatic rings. The lowest BCUT2D eigenvalue weighted by molar-refractivity contribution is 0.542. The molecule has 0 aliphatic heterocycles. The summed E-state index contributed by atoms with van der Waals surface area (Å²) in [6.45, 7) is 6.43. The number of nitrogen functional groups attached to an aromatic ring is 1. The number of pyridine rings is 1. The van der Waals surface area contributed by atoms with E-state index in [0.29, 0.717) is 0 Å². The molecule has 2 heterocycles. The van der Waals surface area contributed by atoms with Crippen LogP contribution in [0.4, 0.5) is 5.69 Å². The van der Waals surface area contributed by atoms with Gasteiger partial charge in [0.2, 0.25) is 0 Å². The van der Waals surface area contributed by atoms with Crippen LogP contribution >= 0.6 is 15.9 Å². The Labute approximate surface area is 97.4 Å². The standard InChI is InChI=1S/C11H14BrN3/c1-11(2,3)10-14-9(12)8-6-7(13)4-5-15(8)10/h4-6H,13H2,1-3H3. The normalized spacial score (nSPS) is 12.3. The molecule has 0 saturated carbocycles. The van der Waals surface area contributed by atoms with Crippen molar-refractivity contribution in [3.63, 3.8) is 0 Å². The molecule has 0 atom stereocenters. The van der Waals surface area contributed by atoms with Gasteiger partial charge in [0.05, 0.1) is 5.52 Å². The Hall–Kier alpha value is -1.03. The Kier molecular flexibility index (Phi) is 2.26. The fraction of sp³-hybridized carbons (Fsp3) is 0.364. The van der Waals surface area contributed by atoms with Crippen molar-refractivity contribution in [2.45, 2.75) is 26.2 Å². The van der Waals surface area contributed by atoms with Gasteiger partial charge in [-0.05, 0) is 28.1 Å². The minimum absolute atomic E-state index is 0.0189. The number of nitrogens with two attached hydrogens (primary N) is 1. The van der Waals surface area contributed by atoms with Gasteiger partial charge < -0.3 is 10.1 Å². The summed E-state index contributed by atoms with van der Waals surface area (Å²) in [6.07, 6.45) is 1.96. The molecule has 80 valence electrons. The average molecular weight is 268 g/mol. The van der Waals surface area contributed by atoms with Crippen LogP contribution in [0.1, 0.15) is 26.6 Å². The number of imidazole rings is 1. The highest BCUT2D eigenvalue weighted by molar-refractivity contribution is 9.10. The minimum Gasteiger partial charge on any atom is -0.399 e. The molecule has 0 aliphatic carbocycles. The quantitative estimate of drug-likeness (QED) is 0.798. The first-order valence-corrected chi connectivity index (χ1v) is 5.62. The molecule has 0 unspecified atom stereocenters. The maximum atomic E-state index is 5.75. The van der Waals surface area contributed by atoms with E-state index in [9.17, 15) is 0 Å². The Bertz CT molecular complexity index is 508. The van der Waals surface area contributed by atoms with Gasteiger partial charge in [-0.25, -0.2) is 4.98 Å². The first kappa shape index (κ1) is 10.5. The molecular weight excluding hydrogens is 254 g/mol. The highest BCUT2D eigenvalue weighted by atomic mass is 79.9. The van der Waals surface area contributed by atoms with E-state index in [2.05, 4.69) is 46.1 Å². The lowest BCUT2D eigenvalue weighted by Gasteiger charge is -2.16. The smallest absolute Gasteiger partial charge is 0.132 e. The SMILES string of the molecule is CC(C)(C)c1nc(Br)c2cc(N)ccn12. The molecular formula is C11H14BrN3. The van der Waals surface area contributed by atoms with Crippen molar-refractivity contribution in [2.75, 3.05) is 5.73 Å². The Balaban J connectivity index is 2.79. The monoisotopic (exact) mass is 267 g/mol. The zero-order valence-electron chi connectivity index (χ0n) is 9.08. The lowest BCUT2D eigenvalue weighted by Crippen LogP contribution is -2.15. The predicted molar refractivity (Wildman–Crippen MR) is 66.0 cm³/mol. The first-order chi connectivity index (χ1) is 6.89. The number of hydrogen-bond donors (Lipinski definition) is 1. The highest BCUT2D eigenvalue weighted by Crippen LogP contribution is 2.28. The van der Waals surface area contributed by atoms with Gasteiger partial charge in [-0.1, -0.05) is 20.8 Å². The Morgan fingerprint density at radius 3 is 2.67 bits per heavy atom. The predicted octanol–water partition coefficient (Wildman–Crippen LogP) is 2.98. The third-order valence-electron chi connectivity index (χ3n) is 2.29. The van der Waals surface area contributed by atoms with Crippen LogP contribution in [0.15, 0.2) is 22.9 Å². The maximum Gasteiger partial charge on any atom is 0.132 e. The Morgan fingerprint density at radius 1 is 1.40 bits per heavy atom. The number of anilines is 1. The number of aromatic nitrogens is 2. The van der Waals surface area contributed by atoms with Crippen LogP contribution in [-0.2, 0) is 5.41 Å². The van der Waals surface area contributed by atoms with Crippen LogP contribution in [0.25, 0.3) is 5.52 Å². The number of fused-ring (bicyclic) bond motifs is 1. The molecule has 4 heteroatoms. The van der Waals surface area contributed by atoms with Gasteiger partial charge in [0.1, 0.15) is 10.4 Å². The van der Waals surface area contributed by atoms with Crippen LogP contribution < -0.4 is 5.73 Å². The zero-order valence-corrected chi connectivity index (χ0v) is 10.7. The van der Waals surface area contributed by atoms with Crippen LogP contribution in [0.5, 0.6) is 0 Å². The molecule has 0 aromatic carbocycles. The molecule has 0 spiro atoms. The van der Waals surface area contributed by atoms with E-state index in [1.54, 1.807) is 0 Å². The van der Waals surface area contributed by atoms with Gasteiger partial charge >= 0.3 is 0 Å². The number of hydrogen-bond acceptors (Lipinski definition) is 2. The molecule has 15 heavy (non-hydrogen) atoms. The van der Waals surface area contributed by atoms with Crippen LogP contribution in [0.3, 0.4) is 0 Å². The minimum atomic E-state index is 0.0189. The average Bonchev–Trinajstić information content (AvgIpc) is 2.43. The summed E-state index contributed by atoms with van der Waals surface area (Å²) in [5, 5.41) is 0. The van der Waals surface area contributed by atoms with Crippen molar-refractivity contribution in [1.82, 2.24) is 9.38 Å². The zero-order chi connectivity index (χ0) is 11.2. The second kappa shape index (κ2) is 3.23. The molecule has 2 N–H and O–H groups in total. The van der Waals surface area contributed by atoms with E-state index >= 15 is 0 Å². The summed E-state index contributed by atoms with van der Waals surface area (Å²) in [7, 11) is 0. The van der Waals surface area contributed by atoms with Crippen LogP contribution in [-0.4, -0.2) is 9.38 Å². The maximum absolute atomic E-state index is 5.75. The van der Waals surface area contributed by atoms with Gasteiger partial charge in [-0.3, -0.25) is 0 Å². The second-order valence-electron chi connectivity index (χ2n) is 4.69. The van der Waals surface area contributed by atoms with E-state index < -0.39 is 0 Å². The van der Waals surface area contributed by atoms with Crippen molar-refractivity contribution in [3.05, 3.63) is 28.8 Å². The molecule has 0 amide bonds. The van der Waals surface area contributed by atoms with Crippen LogP contribution in [0.2, 0.25) is 0 Å². The number of nitrogens with zero attached hydrogens (tertiary/aromatic N) is 2. The summed E-state index contributed by atoms with van der Waals surface area (Å²) in [4.78, 5) is 4.53. The van der Waals surface area contributed by atoms with Crippen molar-refractivity contribution >= 4 is 27.1 Å². The van der Waals surface area contributed by atoms with E-state index in [1.165, 1.54) is 0 Å². The van der Waals surface area contributed by atoms with Gasteiger partial charge in [0.25, 0.3) is 0 Å². The summed E-state index contributed by atoms with van der Waals surface area (Å²) in [5.41, 5.74) is 7.54. The molecule has 0 saturated heterocycles. The topological polar surface area (TPSA) is 43.3 Å². The third-order valence-corrected chi connectivity index (χ3v) is 2.88. The number of halogens is 1. The summed E-state index contributed by atoms with van der Waals surface area (Å²) in [5.74, 6) is 1.03. The first-order valence-electron chi connectivity index (χ1n) is 4.83. The van der Waals surface area contributed by atoms with E-state index in [4.69, 9.17) is 5.73 Å². The third kappa shape index (κ3) is 1.74.